The SMILES string of the molecule is Cc1c(C2=NS(=O)(=O)N=C2)ccc2c1COC2=O. The van der Waals surface area contributed by atoms with Gasteiger partial charge in [0, 0.05) is 11.1 Å². The second-order valence-corrected chi connectivity index (χ2v) is 5.29. The molecule has 0 unspecified atom stereocenters. The highest BCUT2D eigenvalue weighted by atomic mass is 32.2. The van der Waals surface area contributed by atoms with Crippen molar-refractivity contribution in [2.75, 3.05) is 0 Å². The summed E-state index contributed by atoms with van der Waals surface area (Å²) in [6.45, 7) is 2.02. The third kappa shape index (κ3) is 1.55. The molecule has 1 aromatic carbocycles. The lowest BCUT2D eigenvalue weighted by molar-refractivity contribution is 0.0535. The molecule has 0 bridgehead atoms. The molecular formula is C11H8N2O4S. The van der Waals surface area contributed by atoms with Gasteiger partial charge >= 0.3 is 16.2 Å². The molecule has 92 valence electrons. The minimum Gasteiger partial charge on any atom is -0.457 e. The summed E-state index contributed by atoms with van der Waals surface area (Å²) in [5, 5.41) is 0. The number of nitrogens with zero attached hydrogens (tertiary/aromatic N) is 2. The van der Waals surface area contributed by atoms with Crippen LogP contribution in [0.25, 0.3) is 0 Å². The third-order valence-electron chi connectivity index (χ3n) is 2.96. The van der Waals surface area contributed by atoms with Crippen molar-refractivity contribution >= 4 is 28.1 Å². The van der Waals surface area contributed by atoms with E-state index < -0.39 is 10.2 Å². The average molecular weight is 264 g/mol. The maximum absolute atomic E-state index is 11.4. The molecule has 0 spiro atoms. The van der Waals surface area contributed by atoms with E-state index in [0.29, 0.717) is 11.1 Å². The highest BCUT2D eigenvalue weighted by Gasteiger charge is 2.26. The highest BCUT2D eigenvalue weighted by Crippen LogP contribution is 2.26. The zero-order valence-electron chi connectivity index (χ0n) is 9.37. The van der Waals surface area contributed by atoms with E-state index >= 15 is 0 Å². The summed E-state index contributed by atoms with van der Waals surface area (Å²) < 4.78 is 34.1. The van der Waals surface area contributed by atoms with Gasteiger partial charge in [-0.25, -0.2) is 4.79 Å². The molecule has 7 heteroatoms. The Hall–Kier alpha value is -2.02. The quantitative estimate of drug-likeness (QED) is 0.701. The van der Waals surface area contributed by atoms with Crippen LogP contribution in [-0.4, -0.2) is 26.3 Å². The van der Waals surface area contributed by atoms with Crippen LogP contribution in [0.15, 0.2) is 20.9 Å². The van der Waals surface area contributed by atoms with Gasteiger partial charge in [0.2, 0.25) is 0 Å². The number of benzene rings is 1. The monoisotopic (exact) mass is 264 g/mol. The first kappa shape index (κ1) is 11.1. The summed E-state index contributed by atoms with van der Waals surface area (Å²) in [6.07, 6.45) is 1.21. The van der Waals surface area contributed by atoms with Crippen LogP contribution < -0.4 is 0 Å². The van der Waals surface area contributed by atoms with Crippen molar-refractivity contribution in [1.29, 1.82) is 0 Å². The lowest BCUT2D eigenvalue weighted by Crippen LogP contribution is -2.05. The minimum absolute atomic E-state index is 0.213. The lowest BCUT2D eigenvalue weighted by atomic mass is 9.96. The third-order valence-corrected chi connectivity index (χ3v) is 3.76. The summed E-state index contributed by atoms with van der Waals surface area (Å²) in [6, 6.07) is 3.28. The second kappa shape index (κ2) is 3.49. The lowest BCUT2D eigenvalue weighted by Gasteiger charge is -2.06. The van der Waals surface area contributed by atoms with Gasteiger partial charge in [0.15, 0.2) is 0 Å². The van der Waals surface area contributed by atoms with Gasteiger partial charge in [-0.1, -0.05) is 6.07 Å². The second-order valence-electron chi connectivity index (χ2n) is 4.00. The van der Waals surface area contributed by atoms with E-state index in [4.69, 9.17) is 4.74 Å². The number of hydrogen-bond donors (Lipinski definition) is 0. The van der Waals surface area contributed by atoms with Gasteiger partial charge < -0.3 is 4.74 Å². The van der Waals surface area contributed by atoms with E-state index in [1.165, 1.54) is 6.21 Å². The van der Waals surface area contributed by atoms with Gasteiger partial charge in [0.1, 0.15) is 12.3 Å². The Balaban J connectivity index is 2.17. The predicted octanol–water partition coefficient (Wildman–Crippen LogP) is 0.784. The van der Waals surface area contributed by atoms with E-state index in [9.17, 15) is 13.2 Å². The Morgan fingerprint density at radius 2 is 2.00 bits per heavy atom. The molecule has 0 radical (unpaired) electrons. The molecule has 0 N–H and O–H groups in total. The molecule has 2 aliphatic rings. The molecule has 0 amide bonds. The standard InChI is InChI=1S/C11H8N2O4S/c1-6-7(10-4-12-18(15,16)13-10)2-3-8-9(6)5-17-11(8)14/h2-4H,5H2,1H3. The van der Waals surface area contributed by atoms with Crippen molar-refractivity contribution in [1.82, 2.24) is 0 Å². The number of ether oxygens (including phenoxy) is 1. The Kier molecular flexibility index (Phi) is 2.15. The molecule has 6 nitrogen and oxygen atoms in total. The van der Waals surface area contributed by atoms with Gasteiger partial charge in [-0.15, -0.1) is 8.80 Å². The molecule has 0 saturated heterocycles. The number of rotatable bonds is 1. The smallest absolute Gasteiger partial charge is 0.363 e. The Labute approximate surface area is 103 Å². The fourth-order valence-electron chi connectivity index (χ4n) is 2.03. The average Bonchev–Trinajstić information content (AvgIpc) is 2.84. The van der Waals surface area contributed by atoms with E-state index in [1.54, 1.807) is 19.1 Å². The number of carbonyl (C=O) groups excluding carboxylic acids is 1. The molecule has 18 heavy (non-hydrogen) atoms. The van der Waals surface area contributed by atoms with Gasteiger partial charge in [0.05, 0.1) is 11.8 Å². The fourth-order valence-corrected chi connectivity index (χ4v) is 2.71. The summed E-state index contributed by atoms with van der Waals surface area (Å²) in [5.74, 6) is -0.353. The van der Waals surface area contributed by atoms with E-state index in [0.717, 1.165) is 11.1 Å². The summed E-state index contributed by atoms with van der Waals surface area (Å²) in [4.78, 5) is 11.4. The number of hydrogen-bond acceptors (Lipinski definition) is 4. The molecule has 0 aliphatic carbocycles. The molecule has 0 atom stereocenters. The van der Waals surface area contributed by atoms with Gasteiger partial charge in [-0.3, -0.25) is 0 Å². The minimum atomic E-state index is -3.73. The summed E-state index contributed by atoms with van der Waals surface area (Å²) in [7, 11) is -3.73. The van der Waals surface area contributed by atoms with Gasteiger partial charge in [-0.05, 0) is 18.6 Å². The first-order valence-corrected chi connectivity index (χ1v) is 6.58. The van der Waals surface area contributed by atoms with Crippen molar-refractivity contribution in [3.05, 3.63) is 34.4 Å². The van der Waals surface area contributed by atoms with Crippen molar-refractivity contribution in [3.8, 4) is 0 Å². The number of esters is 1. The zero-order chi connectivity index (χ0) is 12.9. The molecule has 1 aromatic rings. The largest absolute Gasteiger partial charge is 0.457 e. The topological polar surface area (TPSA) is 85.2 Å². The zero-order valence-corrected chi connectivity index (χ0v) is 10.2. The first-order chi connectivity index (χ1) is 8.48. The van der Waals surface area contributed by atoms with Crippen LogP contribution in [0.1, 0.15) is 27.0 Å². The first-order valence-electron chi connectivity index (χ1n) is 5.18. The summed E-state index contributed by atoms with van der Waals surface area (Å²) in [5.41, 5.74) is 3.03. The van der Waals surface area contributed by atoms with Crippen molar-refractivity contribution in [3.63, 3.8) is 0 Å². The molecule has 3 rings (SSSR count). The van der Waals surface area contributed by atoms with Gasteiger partial charge in [-0.2, -0.15) is 8.42 Å². The molecule has 0 fully saturated rings. The Bertz CT molecular complexity index is 732. The van der Waals surface area contributed by atoms with Crippen molar-refractivity contribution in [2.45, 2.75) is 13.5 Å². The molecule has 2 aliphatic heterocycles. The molecule has 0 saturated carbocycles. The van der Waals surface area contributed by atoms with Crippen LogP contribution >= 0.6 is 0 Å². The maximum Gasteiger partial charge on any atom is 0.363 e. The van der Waals surface area contributed by atoms with Crippen LogP contribution in [0, 0.1) is 6.92 Å². The number of fused-ring (bicyclic) bond motifs is 1. The van der Waals surface area contributed by atoms with E-state index in [2.05, 4.69) is 8.80 Å². The van der Waals surface area contributed by atoms with Crippen LogP contribution in [0.4, 0.5) is 0 Å². The van der Waals surface area contributed by atoms with Crippen LogP contribution in [0.5, 0.6) is 0 Å². The normalized spacial score (nSPS) is 19.6. The molecule has 0 aromatic heterocycles. The Morgan fingerprint density at radius 1 is 1.28 bits per heavy atom. The maximum atomic E-state index is 11.4. The van der Waals surface area contributed by atoms with Crippen LogP contribution in [-0.2, 0) is 21.6 Å². The Morgan fingerprint density at radius 3 is 2.67 bits per heavy atom. The van der Waals surface area contributed by atoms with Crippen LogP contribution in [0.3, 0.4) is 0 Å². The van der Waals surface area contributed by atoms with Gasteiger partial charge in [0.25, 0.3) is 0 Å². The molecular weight excluding hydrogens is 256 g/mol. The van der Waals surface area contributed by atoms with E-state index in [1.807, 2.05) is 0 Å². The van der Waals surface area contributed by atoms with E-state index in [-0.39, 0.29) is 18.3 Å². The van der Waals surface area contributed by atoms with Crippen LogP contribution in [0.2, 0.25) is 0 Å². The predicted molar refractivity (Wildman–Crippen MR) is 64.2 cm³/mol. The molecule has 2 heterocycles. The van der Waals surface area contributed by atoms with Crippen molar-refractivity contribution in [2.24, 2.45) is 8.80 Å². The fraction of sp³-hybridized carbons (Fsp3) is 0.182. The number of carbonyl (C=O) groups is 1. The summed E-state index contributed by atoms with van der Waals surface area (Å²) >= 11 is 0. The highest BCUT2D eigenvalue weighted by molar-refractivity contribution is 7.89. The van der Waals surface area contributed by atoms with Crippen molar-refractivity contribution < 1.29 is 17.9 Å². The number of cyclic esters (lactones) is 1.